The summed E-state index contributed by atoms with van der Waals surface area (Å²) in [4.78, 5) is 4.57. The van der Waals surface area contributed by atoms with Crippen LogP contribution >= 0.6 is 15.9 Å². The van der Waals surface area contributed by atoms with Crippen molar-refractivity contribution in [2.75, 3.05) is 6.61 Å². The lowest BCUT2D eigenvalue weighted by Crippen LogP contribution is -2.20. The van der Waals surface area contributed by atoms with Gasteiger partial charge in [-0.2, -0.15) is 0 Å². The van der Waals surface area contributed by atoms with Crippen LogP contribution < -0.4 is 0 Å². The molecule has 0 amide bonds. The van der Waals surface area contributed by atoms with Crippen LogP contribution in [0, 0.1) is 0 Å². The van der Waals surface area contributed by atoms with Crippen molar-refractivity contribution in [2.45, 2.75) is 25.3 Å². The summed E-state index contributed by atoms with van der Waals surface area (Å²) in [5.41, 5.74) is 0.839. The zero-order chi connectivity index (χ0) is 11.8. The molecule has 1 N–H and O–H groups in total. The maximum absolute atomic E-state index is 9.34. The van der Waals surface area contributed by atoms with Crippen LogP contribution in [-0.2, 0) is 6.42 Å². The van der Waals surface area contributed by atoms with Crippen LogP contribution in [0.3, 0.4) is 0 Å². The Morgan fingerprint density at radius 3 is 3.12 bits per heavy atom. The van der Waals surface area contributed by atoms with E-state index in [1.807, 2.05) is 18.3 Å². The number of furan rings is 1. The van der Waals surface area contributed by atoms with Gasteiger partial charge in [-0.3, -0.25) is 0 Å². The molecule has 0 aliphatic carbocycles. The van der Waals surface area contributed by atoms with Crippen molar-refractivity contribution in [2.24, 2.45) is 0 Å². The van der Waals surface area contributed by atoms with E-state index in [1.165, 1.54) is 0 Å². The van der Waals surface area contributed by atoms with Gasteiger partial charge in [0.15, 0.2) is 10.4 Å². The van der Waals surface area contributed by atoms with Crippen LogP contribution in [0.4, 0.5) is 0 Å². The highest BCUT2D eigenvalue weighted by Crippen LogP contribution is 2.29. The molecule has 17 heavy (non-hydrogen) atoms. The number of aryl methyl sites for hydroxylation is 1. The van der Waals surface area contributed by atoms with Gasteiger partial charge in [-0.05, 0) is 40.9 Å². The monoisotopic (exact) mass is 296 g/mol. The van der Waals surface area contributed by atoms with Gasteiger partial charge in [0.2, 0.25) is 0 Å². The van der Waals surface area contributed by atoms with E-state index < -0.39 is 0 Å². The second kappa shape index (κ2) is 4.31. The zero-order valence-corrected chi connectivity index (χ0v) is 10.9. The minimum absolute atomic E-state index is 0.165. The third-order valence-corrected chi connectivity index (χ3v) is 3.60. The number of hydrogen-bond acceptors (Lipinski definition) is 3. The quantitative estimate of drug-likeness (QED) is 0.927. The number of imidazole rings is 1. The van der Waals surface area contributed by atoms with Gasteiger partial charge in [-0.1, -0.05) is 0 Å². The molecule has 90 valence electrons. The molecule has 0 aromatic carbocycles. The lowest BCUT2D eigenvalue weighted by atomic mass is 10.1. The molecule has 2 aromatic heterocycles. The van der Waals surface area contributed by atoms with E-state index in [2.05, 4.69) is 25.5 Å². The van der Waals surface area contributed by atoms with Crippen LogP contribution in [0.1, 0.15) is 24.7 Å². The molecule has 1 unspecified atom stereocenters. The normalized spacial score (nSPS) is 19.3. The molecule has 4 nitrogen and oxygen atoms in total. The van der Waals surface area contributed by atoms with Crippen molar-refractivity contribution >= 4 is 15.9 Å². The molecule has 5 heteroatoms. The van der Waals surface area contributed by atoms with Crippen LogP contribution in [0.15, 0.2) is 27.4 Å². The summed E-state index contributed by atoms with van der Waals surface area (Å²) in [6.07, 6.45) is 5.05. The topological polar surface area (TPSA) is 51.2 Å². The number of hydrogen-bond donors (Lipinski definition) is 1. The van der Waals surface area contributed by atoms with E-state index in [-0.39, 0.29) is 12.6 Å². The number of halogens is 1. The van der Waals surface area contributed by atoms with Gasteiger partial charge in [0.05, 0.1) is 12.6 Å². The minimum Gasteiger partial charge on any atom is -0.448 e. The lowest BCUT2D eigenvalue weighted by molar-refractivity contribution is 0.206. The molecule has 0 radical (unpaired) electrons. The fourth-order valence-electron chi connectivity index (χ4n) is 2.32. The second-order valence-corrected chi connectivity index (χ2v) is 5.06. The Morgan fingerprint density at radius 1 is 1.53 bits per heavy atom. The predicted molar refractivity (Wildman–Crippen MR) is 66.7 cm³/mol. The second-order valence-electron chi connectivity index (χ2n) is 4.28. The zero-order valence-electron chi connectivity index (χ0n) is 9.27. The number of aliphatic hydroxyl groups excluding tert-OH is 1. The minimum atomic E-state index is 0.165. The number of fused-ring (bicyclic) bond motifs is 1. The molecule has 0 saturated carbocycles. The molecule has 1 aliphatic heterocycles. The Morgan fingerprint density at radius 2 is 2.41 bits per heavy atom. The standard InChI is InChI=1S/C12H13BrN2O2/c13-11-5-4-10(17-11)9-6-15-8(7-16)2-1-3-12(15)14-9/h4-6,8,16H,1-3,7H2. The van der Waals surface area contributed by atoms with Crippen molar-refractivity contribution in [3.63, 3.8) is 0 Å². The van der Waals surface area contributed by atoms with Gasteiger partial charge in [-0.15, -0.1) is 0 Å². The molecule has 0 saturated heterocycles. The molecule has 0 fully saturated rings. The highest BCUT2D eigenvalue weighted by molar-refractivity contribution is 9.10. The Labute approximate surface area is 107 Å². The maximum atomic E-state index is 9.34. The van der Waals surface area contributed by atoms with Gasteiger partial charge >= 0.3 is 0 Å². The Hall–Kier alpha value is -1.07. The van der Waals surface area contributed by atoms with E-state index >= 15 is 0 Å². The molecule has 0 spiro atoms. The van der Waals surface area contributed by atoms with Crippen molar-refractivity contribution in [3.8, 4) is 11.5 Å². The average Bonchev–Trinajstić information content (AvgIpc) is 2.93. The number of nitrogens with zero attached hydrogens (tertiary/aromatic N) is 2. The first-order chi connectivity index (χ1) is 8.28. The largest absolute Gasteiger partial charge is 0.448 e. The first-order valence-corrected chi connectivity index (χ1v) is 6.51. The summed E-state index contributed by atoms with van der Waals surface area (Å²) in [7, 11) is 0. The van der Waals surface area contributed by atoms with Crippen molar-refractivity contribution < 1.29 is 9.52 Å². The van der Waals surface area contributed by atoms with Crippen LogP contribution in [0.5, 0.6) is 0 Å². The van der Waals surface area contributed by atoms with Crippen LogP contribution in [0.25, 0.3) is 11.5 Å². The van der Waals surface area contributed by atoms with Crippen molar-refractivity contribution in [1.82, 2.24) is 9.55 Å². The van der Waals surface area contributed by atoms with Crippen molar-refractivity contribution in [3.05, 3.63) is 28.8 Å². The third kappa shape index (κ3) is 1.93. The highest BCUT2D eigenvalue weighted by atomic mass is 79.9. The molecule has 2 aromatic rings. The molecule has 0 bridgehead atoms. The van der Waals surface area contributed by atoms with E-state index in [0.29, 0.717) is 4.67 Å². The van der Waals surface area contributed by atoms with E-state index in [4.69, 9.17) is 4.42 Å². The fraction of sp³-hybridized carbons (Fsp3) is 0.417. The van der Waals surface area contributed by atoms with Gasteiger partial charge in [0.1, 0.15) is 11.5 Å². The lowest BCUT2D eigenvalue weighted by Gasteiger charge is -2.22. The van der Waals surface area contributed by atoms with E-state index in [0.717, 1.165) is 36.5 Å². The summed E-state index contributed by atoms with van der Waals surface area (Å²) in [5, 5.41) is 9.34. The first kappa shape index (κ1) is 11.0. The Bertz CT molecular complexity index is 532. The van der Waals surface area contributed by atoms with E-state index in [9.17, 15) is 5.11 Å². The number of aromatic nitrogens is 2. The predicted octanol–water partition coefficient (Wildman–Crippen LogP) is 2.78. The summed E-state index contributed by atoms with van der Waals surface area (Å²) < 4.78 is 8.28. The SMILES string of the molecule is OCC1CCCc2nc(-c3ccc(Br)o3)cn21. The molecule has 1 atom stereocenters. The molecule has 3 rings (SSSR count). The van der Waals surface area contributed by atoms with Gasteiger partial charge in [-0.25, -0.2) is 4.98 Å². The molecule has 1 aliphatic rings. The molecule has 3 heterocycles. The fourth-order valence-corrected chi connectivity index (χ4v) is 2.62. The summed E-state index contributed by atoms with van der Waals surface area (Å²) in [6.45, 7) is 0.171. The highest BCUT2D eigenvalue weighted by Gasteiger charge is 2.22. The Kier molecular flexibility index (Phi) is 2.80. The number of rotatable bonds is 2. The maximum Gasteiger partial charge on any atom is 0.169 e. The summed E-state index contributed by atoms with van der Waals surface area (Å²) >= 11 is 3.29. The first-order valence-electron chi connectivity index (χ1n) is 5.72. The van der Waals surface area contributed by atoms with Crippen molar-refractivity contribution in [1.29, 1.82) is 0 Å². The molecular weight excluding hydrogens is 284 g/mol. The van der Waals surface area contributed by atoms with Gasteiger partial charge in [0, 0.05) is 12.6 Å². The number of aliphatic hydroxyl groups is 1. The average molecular weight is 297 g/mol. The summed E-state index contributed by atoms with van der Waals surface area (Å²) in [6, 6.07) is 3.92. The summed E-state index contributed by atoms with van der Waals surface area (Å²) in [5.74, 6) is 1.80. The Balaban J connectivity index is 2.01. The third-order valence-electron chi connectivity index (χ3n) is 3.18. The van der Waals surface area contributed by atoms with Gasteiger partial charge in [0.25, 0.3) is 0 Å². The van der Waals surface area contributed by atoms with Gasteiger partial charge < -0.3 is 14.1 Å². The van der Waals surface area contributed by atoms with E-state index in [1.54, 1.807) is 0 Å². The smallest absolute Gasteiger partial charge is 0.169 e. The van der Waals surface area contributed by atoms with Crippen LogP contribution in [-0.4, -0.2) is 21.3 Å². The molecular formula is C12H13BrN2O2. The van der Waals surface area contributed by atoms with Crippen LogP contribution in [0.2, 0.25) is 0 Å².